The van der Waals surface area contributed by atoms with Crippen molar-refractivity contribution in [2.75, 3.05) is 11.4 Å². The fourth-order valence-corrected chi connectivity index (χ4v) is 3.34. The van der Waals surface area contributed by atoms with Crippen LogP contribution in [0.1, 0.15) is 12.0 Å². The van der Waals surface area contributed by atoms with Crippen LogP contribution in [0.25, 0.3) is 22.6 Å². The number of nitrogens with two attached hydrogens (primary N) is 1. The summed E-state index contributed by atoms with van der Waals surface area (Å²) in [6, 6.07) is 10.9. The summed E-state index contributed by atoms with van der Waals surface area (Å²) < 4.78 is 5.82. The molecular formula is C19H16ClN3O3. The number of primary amides is 1. The largest absolute Gasteiger partial charge is 0.436 e. The van der Waals surface area contributed by atoms with Crippen molar-refractivity contribution in [2.24, 2.45) is 11.7 Å². The summed E-state index contributed by atoms with van der Waals surface area (Å²) in [5.74, 6) is -0.705. The molecule has 4 rings (SSSR count). The Kier molecular flexibility index (Phi) is 3.92. The Morgan fingerprint density at radius 1 is 1.31 bits per heavy atom. The molecule has 0 saturated carbocycles. The maximum absolute atomic E-state index is 12.2. The highest BCUT2D eigenvalue weighted by Crippen LogP contribution is 2.35. The number of halogens is 1. The number of aryl methyl sites for hydroxylation is 1. The van der Waals surface area contributed by atoms with E-state index in [1.807, 2.05) is 25.1 Å². The van der Waals surface area contributed by atoms with E-state index in [0.717, 1.165) is 11.1 Å². The third-order valence-electron chi connectivity index (χ3n) is 4.56. The van der Waals surface area contributed by atoms with Gasteiger partial charge in [0.2, 0.25) is 17.7 Å². The van der Waals surface area contributed by atoms with E-state index in [9.17, 15) is 9.59 Å². The van der Waals surface area contributed by atoms with Crippen molar-refractivity contribution in [3.63, 3.8) is 0 Å². The fraction of sp³-hybridized carbons (Fsp3) is 0.211. The highest BCUT2D eigenvalue weighted by Gasteiger charge is 2.34. The molecular weight excluding hydrogens is 354 g/mol. The van der Waals surface area contributed by atoms with Gasteiger partial charge in [-0.1, -0.05) is 17.7 Å². The second-order valence-corrected chi connectivity index (χ2v) is 6.87. The van der Waals surface area contributed by atoms with Gasteiger partial charge in [0.25, 0.3) is 0 Å². The van der Waals surface area contributed by atoms with E-state index in [1.54, 1.807) is 23.1 Å². The van der Waals surface area contributed by atoms with Gasteiger partial charge >= 0.3 is 0 Å². The first-order valence-corrected chi connectivity index (χ1v) is 8.57. The molecule has 0 spiro atoms. The first-order valence-electron chi connectivity index (χ1n) is 8.19. The molecule has 0 aliphatic carbocycles. The van der Waals surface area contributed by atoms with Gasteiger partial charge in [-0.15, -0.1) is 0 Å². The number of carbonyl (C=O) groups is 2. The second-order valence-electron chi connectivity index (χ2n) is 6.46. The third-order valence-corrected chi connectivity index (χ3v) is 4.89. The average molecular weight is 370 g/mol. The van der Waals surface area contributed by atoms with Gasteiger partial charge in [0.05, 0.1) is 16.5 Å². The molecule has 3 aromatic rings. The van der Waals surface area contributed by atoms with Crippen LogP contribution in [-0.4, -0.2) is 23.3 Å². The van der Waals surface area contributed by atoms with Crippen LogP contribution in [-0.2, 0) is 9.59 Å². The van der Waals surface area contributed by atoms with E-state index in [0.29, 0.717) is 27.7 Å². The predicted molar refractivity (Wildman–Crippen MR) is 98.8 cm³/mol. The molecule has 2 amide bonds. The van der Waals surface area contributed by atoms with Gasteiger partial charge in [-0.05, 0) is 42.8 Å². The molecule has 7 heteroatoms. The summed E-state index contributed by atoms with van der Waals surface area (Å²) in [7, 11) is 0. The van der Waals surface area contributed by atoms with Crippen molar-refractivity contribution in [3.8, 4) is 11.5 Å². The second kappa shape index (κ2) is 6.14. The number of anilines is 1. The van der Waals surface area contributed by atoms with Crippen LogP contribution < -0.4 is 10.6 Å². The average Bonchev–Trinajstić information content (AvgIpc) is 3.18. The van der Waals surface area contributed by atoms with Gasteiger partial charge < -0.3 is 15.1 Å². The highest BCUT2D eigenvalue weighted by atomic mass is 35.5. The summed E-state index contributed by atoms with van der Waals surface area (Å²) in [5.41, 5.74) is 9.05. The van der Waals surface area contributed by atoms with Crippen LogP contribution in [0.15, 0.2) is 40.8 Å². The molecule has 132 valence electrons. The molecule has 1 fully saturated rings. The van der Waals surface area contributed by atoms with Crippen molar-refractivity contribution in [3.05, 3.63) is 47.0 Å². The molecule has 2 aromatic carbocycles. The number of nitrogens with zero attached hydrogens (tertiary/aromatic N) is 2. The smallest absolute Gasteiger partial charge is 0.228 e. The van der Waals surface area contributed by atoms with Gasteiger partial charge in [-0.25, -0.2) is 4.98 Å². The Morgan fingerprint density at radius 2 is 2.12 bits per heavy atom. The lowest BCUT2D eigenvalue weighted by atomic mass is 10.1. The molecule has 1 atom stereocenters. The van der Waals surface area contributed by atoms with E-state index in [-0.39, 0.29) is 18.9 Å². The molecule has 2 heterocycles. The van der Waals surface area contributed by atoms with Gasteiger partial charge in [-0.2, -0.15) is 0 Å². The lowest BCUT2D eigenvalue weighted by Crippen LogP contribution is -2.28. The Labute approximate surface area is 154 Å². The topological polar surface area (TPSA) is 89.4 Å². The van der Waals surface area contributed by atoms with E-state index in [4.69, 9.17) is 21.8 Å². The normalized spacial score (nSPS) is 17.2. The number of carbonyl (C=O) groups excluding carboxylic acids is 2. The standard InChI is InChI=1S/C19H16ClN3O3/c1-10-2-5-16-15(6-10)22-19(26-16)13-8-12(3-4-14(13)20)23-9-11(18(21)25)7-17(23)24/h2-6,8,11H,7,9H2,1H3,(H2,21,25)/t11-/m1/s1. The summed E-state index contributed by atoms with van der Waals surface area (Å²) in [5, 5.41) is 0.468. The summed E-state index contributed by atoms with van der Waals surface area (Å²) in [4.78, 5) is 29.7. The Hall–Kier alpha value is -2.86. The van der Waals surface area contributed by atoms with Gasteiger partial charge in [0.15, 0.2) is 5.58 Å². The van der Waals surface area contributed by atoms with Crippen molar-refractivity contribution in [1.82, 2.24) is 4.98 Å². The molecule has 6 nitrogen and oxygen atoms in total. The van der Waals surface area contributed by atoms with Crippen molar-refractivity contribution >= 4 is 40.2 Å². The quantitative estimate of drug-likeness (QED) is 0.767. The van der Waals surface area contributed by atoms with Crippen molar-refractivity contribution < 1.29 is 14.0 Å². The Balaban J connectivity index is 1.74. The Morgan fingerprint density at radius 3 is 2.85 bits per heavy atom. The molecule has 26 heavy (non-hydrogen) atoms. The number of hydrogen-bond donors (Lipinski definition) is 1. The number of oxazole rings is 1. The zero-order valence-corrected chi connectivity index (χ0v) is 14.8. The van der Waals surface area contributed by atoms with Crippen LogP contribution in [0.5, 0.6) is 0 Å². The molecule has 0 unspecified atom stereocenters. The molecule has 1 aliphatic rings. The van der Waals surface area contributed by atoms with Crippen LogP contribution in [0, 0.1) is 12.8 Å². The number of fused-ring (bicyclic) bond motifs is 1. The molecule has 2 N–H and O–H groups in total. The first-order chi connectivity index (χ1) is 12.4. The summed E-state index contributed by atoms with van der Waals surface area (Å²) >= 11 is 6.33. The van der Waals surface area contributed by atoms with E-state index >= 15 is 0 Å². The van der Waals surface area contributed by atoms with E-state index in [1.165, 1.54) is 0 Å². The minimum absolute atomic E-state index is 0.120. The van der Waals surface area contributed by atoms with Crippen LogP contribution in [0.3, 0.4) is 0 Å². The van der Waals surface area contributed by atoms with Gasteiger partial charge in [-0.3, -0.25) is 9.59 Å². The van der Waals surface area contributed by atoms with E-state index in [2.05, 4.69) is 4.98 Å². The fourth-order valence-electron chi connectivity index (χ4n) is 3.15. The zero-order chi connectivity index (χ0) is 18.4. The van der Waals surface area contributed by atoms with Crippen LogP contribution in [0.4, 0.5) is 5.69 Å². The SMILES string of the molecule is Cc1ccc2oc(-c3cc(N4C[C@H](C(N)=O)CC4=O)ccc3Cl)nc2c1. The summed E-state index contributed by atoms with van der Waals surface area (Å²) in [6.45, 7) is 2.25. The number of aromatic nitrogens is 1. The van der Waals surface area contributed by atoms with Gasteiger partial charge in [0.1, 0.15) is 5.52 Å². The minimum atomic E-state index is -0.478. The van der Waals surface area contributed by atoms with Crippen molar-refractivity contribution in [2.45, 2.75) is 13.3 Å². The zero-order valence-electron chi connectivity index (χ0n) is 14.0. The minimum Gasteiger partial charge on any atom is -0.436 e. The summed E-state index contributed by atoms with van der Waals surface area (Å²) in [6.07, 6.45) is 0.120. The molecule has 0 bridgehead atoms. The highest BCUT2D eigenvalue weighted by molar-refractivity contribution is 6.33. The number of amides is 2. The number of rotatable bonds is 3. The molecule has 1 aromatic heterocycles. The maximum atomic E-state index is 12.2. The molecule has 0 radical (unpaired) electrons. The molecule has 1 saturated heterocycles. The first kappa shape index (κ1) is 16.6. The maximum Gasteiger partial charge on any atom is 0.228 e. The lowest BCUT2D eigenvalue weighted by Gasteiger charge is -2.17. The number of benzene rings is 2. The number of hydrogen-bond acceptors (Lipinski definition) is 4. The Bertz CT molecular complexity index is 1040. The van der Waals surface area contributed by atoms with Crippen LogP contribution >= 0.6 is 11.6 Å². The lowest BCUT2D eigenvalue weighted by molar-refractivity contribution is -0.123. The third kappa shape index (κ3) is 2.82. The monoisotopic (exact) mass is 369 g/mol. The van der Waals surface area contributed by atoms with Gasteiger partial charge in [0, 0.05) is 18.7 Å². The van der Waals surface area contributed by atoms with Crippen molar-refractivity contribution in [1.29, 1.82) is 0 Å². The van der Waals surface area contributed by atoms with Crippen LogP contribution in [0.2, 0.25) is 5.02 Å². The molecule has 1 aliphatic heterocycles. The van der Waals surface area contributed by atoms with E-state index < -0.39 is 11.8 Å². The predicted octanol–water partition coefficient (Wildman–Crippen LogP) is 3.29.